The van der Waals surface area contributed by atoms with Crippen LogP contribution in [0.2, 0.25) is 0 Å². The molecule has 0 amide bonds. The Labute approximate surface area is 83.3 Å². The molecule has 0 fully saturated rings. The van der Waals surface area contributed by atoms with Crippen LogP contribution in [0.5, 0.6) is 0 Å². The zero-order chi connectivity index (χ0) is 11.2. The van der Waals surface area contributed by atoms with Gasteiger partial charge in [0.2, 0.25) is 0 Å². The Morgan fingerprint density at radius 3 is 2.29 bits per heavy atom. The van der Waals surface area contributed by atoms with Crippen molar-refractivity contribution in [2.45, 2.75) is 38.4 Å². The Morgan fingerprint density at radius 1 is 1.43 bits per heavy atom. The summed E-state index contributed by atoms with van der Waals surface area (Å²) in [6.45, 7) is 1.96. The molecule has 1 atom stereocenters. The number of ether oxygens (including phenoxy) is 1. The summed E-state index contributed by atoms with van der Waals surface area (Å²) in [7, 11) is 0. The standard InChI is InChI=1S/C9H18O5/c1-3-4-8(12)14-7(2)9(13,5-10)6-11/h7,10-11,13H,3-6H2,1-2H3. The fourth-order valence-electron chi connectivity index (χ4n) is 0.877. The predicted molar refractivity (Wildman–Crippen MR) is 49.6 cm³/mol. The largest absolute Gasteiger partial charge is 0.459 e. The molecule has 0 aromatic rings. The number of aliphatic hydroxyl groups excluding tert-OH is 2. The van der Waals surface area contributed by atoms with E-state index in [2.05, 4.69) is 0 Å². The number of hydrogen-bond acceptors (Lipinski definition) is 5. The lowest BCUT2D eigenvalue weighted by molar-refractivity contribution is -0.174. The average Bonchev–Trinajstić information content (AvgIpc) is 2.16. The second kappa shape index (κ2) is 5.95. The first kappa shape index (κ1) is 13.4. The summed E-state index contributed by atoms with van der Waals surface area (Å²) in [4.78, 5) is 11.0. The number of carbonyl (C=O) groups is 1. The fraction of sp³-hybridized carbons (Fsp3) is 0.889. The molecule has 0 saturated heterocycles. The summed E-state index contributed by atoms with van der Waals surface area (Å²) in [6.07, 6.45) is -0.00368. The van der Waals surface area contributed by atoms with Crippen LogP contribution in [0.3, 0.4) is 0 Å². The molecule has 1 unspecified atom stereocenters. The molecule has 0 heterocycles. The monoisotopic (exact) mass is 206 g/mol. The Balaban J connectivity index is 4.17. The van der Waals surface area contributed by atoms with Crippen molar-refractivity contribution < 1.29 is 24.9 Å². The van der Waals surface area contributed by atoms with Gasteiger partial charge >= 0.3 is 5.97 Å². The second-order valence-electron chi connectivity index (χ2n) is 3.30. The van der Waals surface area contributed by atoms with Crippen LogP contribution in [-0.2, 0) is 9.53 Å². The molecule has 0 aliphatic heterocycles. The van der Waals surface area contributed by atoms with Crippen molar-refractivity contribution >= 4 is 5.97 Å². The predicted octanol–water partition coefficient (Wildman–Crippen LogP) is -0.566. The quantitative estimate of drug-likeness (QED) is 0.507. The minimum absolute atomic E-state index is 0.261. The Bertz CT molecular complexity index is 176. The highest BCUT2D eigenvalue weighted by atomic mass is 16.6. The van der Waals surface area contributed by atoms with E-state index in [1.807, 2.05) is 6.92 Å². The molecular formula is C9H18O5. The third kappa shape index (κ3) is 3.61. The molecule has 0 bridgehead atoms. The van der Waals surface area contributed by atoms with E-state index in [9.17, 15) is 9.90 Å². The van der Waals surface area contributed by atoms with Gasteiger partial charge in [0.15, 0.2) is 0 Å². The van der Waals surface area contributed by atoms with Crippen molar-refractivity contribution in [2.75, 3.05) is 13.2 Å². The zero-order valence-electron chi connectivity index (χ0n) is 8.56. The van der Waals surface area contributed by atoms with E-state index in [1.165, 1.54) is 6.92 Å². The van der Waals surface area contributed by atoms with Crippen LogP contribution < -0.4 is 0 Å². The summed E-state index contributed by atoms with van der Waals surface area (Å²) >= 11 is 0. The van der Waals surface area contributed by atoms with Crippen LogP contribution in [0.15, 0.2) is 0 Å². The number of carbonyl (C=O) groups excluding carboxylic acids is 1. The minimum Gasteiger partial charge on any atom is -0.459 e. The smallest absolute Gasteiger partial charge is 0.306 e. The first-order valence-corrected chi connectivity index (χ1v) is 4.63. The van der Waals surface area contributed by atoms with Crippen molar-refractivity contribution in [1.29, 1.82) is 0 Å². The van der Waals surface area contributed by atoms with Gasteiger partial charge in [-0.2, -0.15) is 0 Å². The van der Waals surface area contributed by atoms with Crippen molar-refractivity contribution in [3.63, 3.8) is 0 Å². The van der Waals surface area contributed by atoms with Crippen LogP contribution in [0.4, 0.5) is 0 Å². The number of aliphatic hydroxyl groups is 3. The summed E-state index contributed by atoms with van der Waals surface area (Å²) < 4.78 is 4.83. The van der Waals surface area contributed by atoms with Crippen LogP contribution in [-0.4, -0.2) is 46.2 Å². The lowest BCUT2D eigenvalue weighted by Crippen LogP contribution is -2.49. The van der Waals surface area contributed by atoms with Gasteiger partial charge in [0, 0.05) is 6.42 Å². The average molecular weight is 206 g/mol. The van der Waals surface area contributed by atoms with Crippen LogP contribution >= 0.6 is 0 Å². The minimum atomic E-state index is -1.76. The van der Waals surface area contributed by atoms with E-state index in [0.717, 1.165) is 0 Å². The van der Waals surface area contributed by atoms with Crippen LogP contribution in [0.25, 0.3) is 0 Å². The Kier molecular flexibility index (Phi) is 5.68. The maximum atomic E-state index is 11.0. The highest BCUT2D eigenvalue weighted by molar-refractivity contribution is 5.69. The molecule has 14 heavy (non-hydrogen) atoms. The third-order valence-corrected chi connectivity index (χ3v) is 2.07. The highest BCUT2D eigenvalue weighted by Gasteiger charge is 2.35. The second-order valence-corrected chi connectivity index (χ2v) is 3.30. The number of esters is 1. The summed E-state index contributed by atoms with van der Waals surface area (Å²) in [5.74, 6) is -0.444. The Morgan fingerprint density at radius 2 is 1.93 bits per heavy atom. The van der Waals surface area contributed by atoms with E-state index in [1.54, 1.807) is 0 Å². The summed E-state index contributed by atoms with van der Waals surface area (Å²) in [6, 6.07) is 0. The molecule has 0 aliphatic carbocycles. The summed E-state index contributed by atoms with van der Waals surface area (Å²) in [5, 5.41) is 27.1. The van der Waals surface area contributed by atoms with E-state index in [-0.39, 0.29) is 6.42 Å². The van der Waals surface area contributed by atoms with Gasteiger partial charge in [-0.25, -0.2) is 0 Å². The zero-order valence-corrected chi connectivity index (χ0v) is 8.56. The molecule has 0 aromatic carbocycles. The van der Waals surface area contributed by atoms with Gasteiger partial charge < -0.3 is 20.1 Å². The third-order valence-electron chi connectivity index (χ3n) is 2.07. The molecule has 0 aliphatic rings. The van der Waals surface area contributed by atoms with Gasteiger partial charge in [-0.1, -0.05) is 6.92 Å². The topological polar surface area (TPSA) is 87.0 Å². The van der Waals surface area contributed by atoms with Crippen molar-refractivity contribution in [3.8, 4) is 0 Å². The van der Waals surface area contributed by atoms with Crippen molar-refractivity contribution in [3.05, 3.63) is 0 Å². The molecular weight excluding hydrogens is 188 g/mol. The highest BCUT2D eigenvalue weighted by Crippen LogP contribution is 2.13. The van der Waals surface area contributed by atoms with Gasteiger partial charge in [-0.05, 0) is 13.3 Å². The van der Waals surface area contributed by atoms with Gasteiger partial charge in [-0.15, -0.1) is 0 Å². The molecule has 5 heteroatoms. The number of rotatable bonds is 6. The van der Waals surface area contributed by atoms with E-state index in [0.29, 0.717) is 6.42 Å². The maximum absolute atomic E-state index is 11.0. The molecule has 5 nitrogen and oxygen atoms in total. The molecule has 84 valence electrons. The van der Waals surface area contributed by atoms with Crippen molar-refractivity contribution in [2.24, 2.45) is 0 Å². The van der Waals surface area contributed by atoms with Gasteiger partial charge in [0.25, 0.3) is 0 Å². The maximum Gasteiger partial charge on any atom is 0.306 e. The first-order chi connectivity index (χ1) is 6.50. The molecule has 0 aromatic heterocycles. The van der Waals surface area contributed by atoms with Crippen molar-refractivity contribution in [1.82, 2.24) is 0 Å². The molecule has 0 radical (unpaired) electrons. The first-order valence-electron chi connectivity index (χ1n) is 4.63. The van der Waals surface area contributed by atoms with E-state index in [4.69, 9.17) is 14.9 Å². The molecule has 3 N–H and O–H groups in total. The van der Waals surface area contributed by atoms with E-state index < -0.39 is 30.9 Å². The van der Waals surface area contributed by atoms with Crippen LogP contribution in [0.1, 0.15) is 26.7 Å². The normalized spacial score (nSPS) is 13.8. The van der Waals surface area contributed by atoms with Crippen LogP contribution in [0, 0.1) is 0 Å². The van der Waals surface area contributed by atoms with Gasteiger partial charge in [0.05, 0.1) is 13.2 Å². The molecule has 0 spiro atoms. The number of hydrogen-bond donors (Lipinski definition) is 3. The lowest BCUT2D eigenvalue weighted by atomic mass is 10.0. The summed E-state index contributed by atoms with van der Waals surface area (Å²) in [5.41, 5.74) is -1.76. The van der Waals surface area contributed by atoms with E-state index >= 15 is 0 Å². The molecule has 0 rings (SSSR count). The fourth-order valence-corrected chi connectivity index (χ4v) is 0.877. The van der Waals surface area contributed by atoms with Gasteiger partial charge in [0.1, 0.15) is 11.7 Å². The Hall–Kier alpha value is -0.650. The van der Waals surface area contributed by atoms with Gasteiger partial charge in [-0.3, -0.25) is 4.79 Å². The lowest BCUT2D eigenvalue weighted by Gasteiger charge is -2.29. The molecule has 0 saturated carbocycles. The SMILES string of the molecule is CCCC(=O)OC(C)C(O)(CO)CO.